The van der Waals surface area contributed by atoms with Crippen LogP contribution < -0.4 is 5.32 Å². The summed E-state index contributed by atoms with van der Waals surface area (Å²) in [6.45, 7) is 2.39. The zero-order valence-electron chi connectivity index (χ0n) is 30.0. The first-order valence-electron chi connectivity index (χ1n) is 18.2. The van der Waals surface area contributed by atoms with Crippen LogP contribution in [0.25, 0.3) is 0 Å². The molecule has 0 aliphatic rings. The number of hydrogen-bond donors (Lipinski definition) is 4. The molecule has 0 heterocycles. The monoisotopic (exact) mass is 713 g/mol. The molecule has 282 valence electrons. The predicted octanol–water partition coefficient (Wildman–Crippen LogP) is 8.27. The summed E-state index contributed by atoms with van der Waals surface area (Å²) >= 11 is 0. The Morgan fingerprint density at radius 2 is 1.18 bits per heavy atom. The largest absolute Gasteiger partial charge is 0.480 e. The number of phosphoric acid groups is 1. The van der Waals surface area contributed by atoms with Crippen LogP contribution in [0.5, 0.6) is 0 Å². The van der Waals surface area contributed by atoms with Crippen LogP contribution in [0.3, 0.4) is 0 Å². The first kappa shape index (κ1) is 46.4. The summed E-state index contributed by atoms with van der Waals surface area (Å²) in [5.74, 6) is -2.44. The zero-order chi connectivity index (χ0) is 36.4. The fourth-order valence-corrected chi connectivity index (χ4v) is 5.31. The van der Waals surface area contributed by atoms with Gasteiger partial charge < -0.3 is 25.2 Å². The molecule has 49 heavy (non-hydrogen) atoms. The van der Waals surface area contributed by atoms with Crippen molar-refractivity contribution in [1.29, 1.82) is 0 Å². The van der Waals surface area contributed by atoms with Gasteiger partial charge >= 0.3 is 19.8 Å². The SMILES string of the molecule is CC/C=C\C/C=C\C/C=C\C/C=C\CCCCC(=O)NC(COP(=O)(O)OCC(O)COC(=O)CCCCCCCCCCCC)C(=O)O. The second-order valence-electron chi connectivity index (χ2n) is 12.0. The molecular weight excluding hydrogens is 649 g/mol. The van der Waals surface area contributed by atoms with Gasteiger partial charge in [-0.3, -0.25) is 18.6 Å². The summed E-state index contributed by atoms with van der Waals surface area (Å²) in [5.41, 5.74) is 0. The topological polar surface area (TPSA) is 169 Å². The van der Waals surface area contributed by atoms with Crippen LogP contribution in [0.4, 0.5) is 0 Å². The maximum absolute atomic E-state index is 12.2. The summed E-state index contributed by atoms with van der Waals surface area (Å²) in [6, 6.07) is -1.57. The molecule has 0 bridgehead atoms. The minimum atomic E-state index is -4.76. The van der Waals surface area contributed by atoms with Gasteiger partial charge in [-0.1, -0.05) is 120 Å². The molecule has 0 aliphatic carbocycles. The number of carboxylic acids is 1. The molecule has 0 saturated heterocycles. The van der Waals surface area contributed by atoms with E-state index in [1.807, 2.05) is 6.08 Å². The Morgan fingerprint density at radius 3 is 1.76 bits per heavy atom. The highest BCUT2D eigenvalue weighted by molar-refractivity contribution is 7.47. The predicted molar refractivity (Wildman–Crippen MR) is 194 cm³/mol. The van der Waals surface area contributed by atoms with Crippen LogP contribution in [-0.2, 0) is 32.7 Å². The summed E-state index contributed by atoms with van der Waals surface area (Å²) < 4.78 is 26.6. The number of phosphoric ester groups is 1. The van der Waals surface area contributed by atoms with Crippen LogP contribution >= 0.6 is 7.82 Å². The third-order valence-corrected chi connectivity index (χ3v) is 8.33. The molecule has 0 saturated carbocycles. The molecule has 1 amide bonds. The molecular formula is C37H64NO10P. The standard InChI is InChI=1S/C37H64NO10P/c1-3-5-7-9-11-13-15-16-17-18-19-20-22-24-26-28-35(40)38-34(37(42)43)32-48-49(44,45)47-31-33(39)30-46-36(41)29-27-25-23-21-14-12-10-8-6-4-2/h5,7,11,13,16-17,19-20,33-34,39H,3-4,6,8-10,12,14-15,18,21-32H2,1-2H3,(H,38,40)(H,42,43)(H,44,45)/b7-5-,13-11-,17-16-,20-19-. The van der Waals surface area contributed by atoms with E-state index in [2.05, 4.69) is 61.7 Å². The maximum atomic E-state index is 12.2. The lowest BCUT2D eigenvalue weighted by atomic mass is 10.1. The van der Waals surface area contributed by atoms with Gasteiger partial charge in [0.1, 0.15) is 12.7 Å². The number of amides is 1. The fourth-order valence-electron chi connectivity index (χ4n) is 4.54. The van der Waals surface area contributed by atoms with Crippen molar-refractivity contribution < 1.29 is 47.8 Å². The van der Waals surface area contributed by atoms with Crippen LogP contribution in [-0.4, -0.2) is 64.9 Å². The van der Waals surface area contributed by atoms with Gasteiger partial charge in [-0.2, -0.15) is 0 Å². The van der Waals surface area contributed by atoms with Gasteiger partial charge in [0.25, 0.3) is 0 Å². The Kier molecular flexibility index (Phi) is 30.9. The van der Waals surface area contributed by atoms with E-state index < -0.39 is 57.6 Å². The molecule has 0 aliphatic heterocycles. The van der Waals surface area contributed by atoms with E-state index >= 15 is 0 Å². The van der Waals surface area contributed by atoms with Crippen LogP contribution in [0.15, 0.2) is 48.6 Å². The molecule has 0 spiro atoms. The minimum Gasteiger partial charge on any atom is -0.480 e. The van der Waals surface area contributed by atoms with Crippen LogP contribution in [0.1, 0.15) is 136 Å². The van der Waals surface area contributed by atoms with Gasteiger partial charge in [0.05, 0.1) is 13.2 Å². The number of carboxylic acid groups (broad SMARTS) is 1. The number of rotatable bonds is 33. The fraction of sp³-hybridized carbons (Fsp3) is 0.703. The molecule has 3 unspecified atom stereocenters. The quantitative estimate of drug-likeness (QED) is 0.0225. The second-order valence-corrected chi connectivity index (χ2v) is 13.5. The third kappa shape index (κ3) is 32.4. The molecule has 0 fully saturated rings. The van der Waals surface area contributed by atoms with Gasteiger partial charge in [-0.25, -0.2) is 9.36 Å². The molecule has 0 rings (SSSR count). The second kappa shape index (κ2) is 32.6. The first-order valence-corrected chi connectivity index (χ1v) is 19.7. The smallest absolute Gasteiger partial charge is 0.472 e. The normalized spacial score (nSPS) is 14.5. The van der Waals surface area contributed by atoms with E-state index in [0.29, 0.717) is 12.8 Å². The molecule has 0 radical (unpaired) electrons. The first-order chi connectivity index (χ1) is 23.6. The minimum absolute atomic E-state index is 0.0920. The number of carbonyl (C=O) groups excluding carboxylic acids is 2. The number of ether oxygens (including phenoxy) is 1. The number of esters is 1. The summed E-state index contributed by atoms with van der Waals surface area (Å²) in [7, 11) is -4.76. The highest BCUT2D eigenvalue weighted by Gasteiger charge is 2.28. The van der Waals surface area contributed by atoms with E-state index in [4.69, 9.17) is 13.8 Å². The van der Waals surface area contributed by atoms with E-state index in [-0.39, 0.29) is 12.8 Å². The lowest BCUT2D eigenvalue weighted by molar-refractivity contribution is -0.147. The molecule has 0 aromatic rings. The highest BCUT2D eigenvalue weighted by atomic mass is 31.2. The Morgan fingerprint density at radius 1 is 0.673 bits per heavy atom. The van der Waals surface area contributed by atoms with Crippen molar-refractivity contribution in [1.82, 2.24) is 5.32 Å². The van der Waals surface area contributed by atoms with E-state index in [0.717, 1.165) is 57.8 Å². The lowest BCUT2D eigenvalue weighted by Crippen LogP contribution is -2.43. The number of allylic oxidation sites excluding steroid dienone is 8. The Balaban J connectivity index is 4.08. The average molecular weight is 714 g/mol. The Hall–Kier alpha value is -2.56. The Bertz CT molecular complexity index is 1030. The number of unbranched alkanes of at least 4 members (excludes halogenated alkanes) is 11. The van der Waals surface area contributed by atoms with Crippen molar-refractivity contribution in [3.63, 3.8) is 0 Å². The van der Waals surface area contributed by atoms with Crippen molar-refractivity contribution in [2.75, 3.05) is 19.8 Å². The van der Waals surface area contributed by atoms with Crippen molar-refractivity contribution in [3.8, 4) is 0 Å². The third-order valence-electron chi connectivity index (χ3n) is 7.38. The molecule has 0 aromatic carbocycles. The van der Waals surface area contributed by atoms with Gasteiger partial charge in [0, 0.05) is 12.8 Å². The van der Waals surface area contributed by atoms with Crippen LogP contribution in [0.2, 0.25) is 0 Å². The average Bonchev–Trinajstić information content (AvgIpc) is 3.07. The number of carbonyl (C=O) groups is 3. The highest BCUT2D eigenvalue weighted by Crippen LogP contribution is 2.43. The number of aliphatic carboxylic acids is 1. The van der Waals surface area contributed by atoms with Gasteiger partial charge in [0.2, 0.25) is 5.91 Å². The van der Waals surface area contributed by atoms with Crippen molar-refractivity contribution in [2.24, 2.45) is 0 Å². The molecule has 4 N–H and O–H groups in total. The van der Waals surface area contributed by atoms with Gasteiger partial charge in [-0.05, 0) is 51.4 Å². The number of hydrogen-bond acceptors (Lipinski definition) is 8. The van der Waals surface area contributed by atoms with Gasteiger partial charge in [-0.15, -0.1) is 0 Å². The maximum Gasteiger partial charge on any atom is 0.472 e. The summed E-state index contributed by atoms with van der Waals surface area (Å²) in [6.07, 6.45) is 33.0. The lowest BCUT2D eigenvalue weighted by Gasteiger charge is -2.18. The van der Waals surface area contributed by atoms with E-state index in [9.17, 15) is 34.1 Å². The van der Waals surface area contributed by atoms with Crippen molar-refractivity contribution >= 4 is 25.7 Å². The van der Waals surface area contributed by atoms with Crippen molar-refractivity contribution in [2.45, 2.75) is 148 Å². The van der Waals surface area contributed by atoms with Crippen LogP contribution in [0, 0.1) is 0 Å². The van der Waals surface area contributed by atoms with E-state index in [1.54, 1.807) is 0 Å². The molecule has 0 aromatic heterocycles. The summed E-state index contributed by atoms with van der Waals surface area (Å²) in [5, 5.41) is 21.7. The van der Waals surface area contributed by atoms with E-state index in [1.165, 1.54) is 38.5 Å². The van der Waals surface area contributed by atoms with Gasteiger partial charge in [0.15, 0.2) is 6.04 Å². The zero-order valence-corrected chi connectivity index (χ0v) is 30.9. The Labute approximate surface area is 294 Å². The molecule has 12 heteroatoms. The number of nitrogens with one attached hydrogen (secondary N) is 1. The van der Waals surface area contributed by atoms with Crippen molar-refractivity contribution in [3.05, 3.63) is 48.6 Å². The molecule has 3 atom stereocenters. The molecule has 11 nitrogen and oxygen atoms in total. The number of aliphatic hydroxyl groups is 1. The summed E-state index contributed by atoms with van der Waals surface area (Å²) in [4.78, 5) is 45.6. The number of aliphatic hydroxyl groups excluding tert-OH is 1.